The molecule has 2 aliphatic rings. The van der Waals surface area contributed by atoms with E-state index in [1.54, 1.807) is 11.3 Å². The van der Waals surface area contributed by atoms with E-state index in [0.717, 1.165) is 36.6 Å². The first-order chi connectivity index (χ1) is 9.79. The summed E-state index contributed by atoms with van der Waals surface area (Å²) in [6.45, 7) is 2.81. The summed E-state index contributed by atoms with van der Waals surface area (Å²) in [5, 5.41) is 11.2. The Morgan fingerprint density at radius 3 is 2.75 bits per heavy atom. The number of aliphatic hydroxyl groups is 1. The standard InChI is InChI=1S/C16H25NO2S/c1-2-19-15(11-7-4-3-5-8-11)16-17-14-12(18)9-6-10-13(14)20-16/h11-12,15,18H,2-10H2,1H3. The molecule has 1 aromatic rings. The molecule has 1 saturated carbocycles. The summed E-state index contributed by atoms with van der Waals surface area (Å²) < 4.78 is 6.05. The molecule has 4 heteroatoms. The first kappa shape index (κ1) is 14.5. The first-order valence-corrected chi connectivity index (χ1v) is 8.90. The van der Waals surface area contributed by atoms with Crippen LogP contribution in [0.4, 0.5) is 0 Å². The van der Waals surface area contributed by atoms with Gasteiger partial charge in [-0.2, -0.15) is 0 Å². The molecule has 0 bridgehead atoms. The third-order valence-electron chi connectivity index (χ3n) is 4.61. The molecule has 0 radical (unpaired) electrons. The Kier molecular flexibility index (Phi) is 4.74. The molecule has 112 valence electrons. The van der Waals surface area contributed by atoms with E-state index in [1.807, 2.05) is 0 Å². The van der Waals surface area contributed by atoms with Gasteiger partial charge in [0.2, 0.25) is 0 Å². The normalized spacial score (nSPS) is 25.4. The summed E-state index contributed by atoms with van der Waals surface area (Å²) in [4.78, 5) is 6.06. The van der Waals surface area contributed by atoms with E-state index in [0.29, 0.717) is 5.92 Å². The predicted octanol–water partition coefficient (Wildman–Crippen LogP) is 4.17. The second-order valence-electron chi connectivity index (χ2n) is 6.04. The van der Waals surface area contributed by atoms with Crippen LogP contribution in [0.5, 0.6) is 0 Å². The molecule has 0 saturated heterocycles. The van der Waals surface area contributed by atoms with Crippen molar-refractivity contribution in [3.05, 3.63) is 15.6 Å². The number of aryl methyl sites for hydroxylation is 1. The number of hydrogen-bond acceptors (Lipinski definition) is 4. The van der Waals surface area contributed by atoms with E-state index in [2.05, 4.69) is 6.92 Å². The lowest BCUT2D eigenvalue weighted by Crippen LogP contribution is -2.19. The van der Waals surface area contributed by atoms with Gasteiger partial charge in [-0.3, -0.25) is 0 Å². The Morgan fingerprint density at radius 2 is 2.05 bits per heavy atom. The molecule has 2 unspecified atom stereocenters. The van der Waals surface area contributed by atoms with Gasteiger partial charge in [-0.1, -0.05) is 19.3 Å². The van der Waals surface area contributed by atoms with Gasteiger partial charge in [0.05, 0.1) is 11.8 Å². The zero-order valence-corrected chi connectivity index (χ0v) is 13.1. The molecule has 0 aromatic carbocycles. The summed E-state index contributed by atoms with van der Waals surface area (Å²) in [5.74, 6) is 0.619. The summed E-state index contributed by atoms with van der Waals surface area (Å²) in [6, 6.07) is 0. The Hall–Kier alpha value is -0.450. The molecular formula is C16H25NO2S. The summed E-state index contributed by atoms with van der Waals surface area (Å²) in [7, 11) is 0. The first-order valence-electron chi connectivity index (χ1n) is 8.08. The van der Waals surface area contributed by atoms with Crippen LogP contribution in [0.2, 0.25) is 0 Å². The van der Waals surface area contributed by atoms with Crippen molar-refractivity contribution in [1.29, 1.82) is 0 Å². The molecule has 3 rings (SSSR count). The van der Waals surface area contributed by atoms with Crippen molar-refractivity contribution >= 4 is 11.3 Å². The van der Waals surface area contributed by atoms with Crippen molar-refractivity contribution in [1.82, 2.24) is 4.98 Å². The molecule has 0 amide bonds. The van der Waals surface area contributed by atoms with Crippen molar-refractivity contribution in [2.24, 2.45) is 5.92 Å². The van der Waals surface area contributed by atoms with Crippen LogP contribution in [0.25, 0.3) is 0 Å². The van der Waals surface area contributed by atoms with Gasteiger partial charge >= 0.3 is 0 Å². The molecular weight excluding hydrogens is 270 g/mol. The summed E-state index contributed by atoms with van der Waals surface area (Å²) >= 11 is 1.78. The third kappa shape index (κ3) is 2.92. The maximum atomic E-state index is 10.1. The molecule has 1 heterocycles. The van der Waals surface area contributed by atoms with Gasteiger partial charge in [0, 0.05) is 11.5 Å². The number of thiazole rings is 1. The van der Waals surface area contributed by atoms with E-state index in [9.17, 15) is 5.11 Å². The predicted molar refractivity (Wildman–Crippen MR) is 81.0 cm³/mol. The van der Waals surface area contributed by atoms with Gasteiger partial charge < -0.3 is 9.84 Å². The lowest BCUT2D eigenvalue weighted by atomic mass is 9.85. The number of ether oxygens (including phenoxy) is 1. The van der Waals surface area contributed by atoms with Crippen LogP contribution in [0, 0.1) is 5.92 Å². The second kappa shape index (κ2) is 6.54. The van der Waals surface area contributed by atoms with Crippen molar-refractivity contribution in [3.8, 4) is 0 Å². The number of rotatable bonds is 4. The van der Waals surface area contributed by atoms with E-state index in [1.165, 1.54) is 37.0 Å². The number of hydrogen-bond donors (Lipinski definition) is 1. The second-order valence-corrected chi connectivity index (χ2v) is 7.16. The third-order valence-corrected chi connectivity index (χ3v) is 5.80. The zero-order valence-electron chi connectivity index (χ0n) is 12.3. The molecule has 3 nitrogen and oxygen atoms in total. The Balaban J connectivity index is 1.83. The van der Waals surface area contributed by atoms with Gasteiger partial charge in [-0.25, -0.2) is 4.98 Å². The molecule has 0 aliphatic heterocycles. The maximum Gasteiger partial charge on any atom is 0.122 e. The largest absolute Gasteiger partial charge is 0.387 e. The highest BCUT2D eigenvalue weighted by Gasteiger charge is 2.31. The molecule has 2 aliphatic carbocycles. The molecule has 1 fully saturated rings. The molecule has 20 heavy (non-hydrogen) atoms. The van der Waals surface area contributed by atoms with Crippen LogP contribution in [-0.2, 0) is 11.2 Å². The van der Waals surface area contributed by atoms with Gasteiger partial charge in [0.15, 0.2) is 0 Å². The van der Waals surface area contributed by atoms with E-state index in [4.69, 9.17) is 9.72 Å². The minimum Gasteiger partial charge on any atom is -0.387 e. The molecule has 1 N–H and O–H groups in total. The molecule has 0 spiro atoms. The SMILES string of the molecule is CCOC(c1nc2c(s1)CCCC2O)C1CCCCC1. The van der Waals surface area contributed by atoms with Gasteiger partial charge in [-0.15, -0.1) is 11.3 Å². The van der Waals surface area contributed by atoms with Crippen LogP contribution in [0.15, 0.2) is 0 Å². The highest BCUT2D eigenvalue weighted by atomic mass is 32.1. The minimum atomic E-state index is -0.350. The lowest BCUT2D eigenvalue weighted by Gasteiger charge is -2.28. The van der Waals surface area contributed by atoms with Crippen molar-refractivity contribution in [3.63, 3.8) is 0 Å². The Morgan fingerprint density at radius 1 is 1.25 bits per heavy atom. The lowest BCUT2D eigenvalue weighted by molar-refractivity contribution is 0.00519. The minimum absolute atomic E-state index is 0.156. The Labute approximate surface area is 125 Å². The van der Waals surface area contributed by atoms with Crippen molar-refractivity contribution < 1.29 is 9.84 Å². The summed E-state index contributed by atoms with van der Waals surface area (Å²) in [6.07, 6.45) is 9.35. The average Bonchev–Trinajstić information content (AvgIpc) is 2.91. The van der Waals surface area contributed by atoms with Crippen LogP contribution in [0.3, 0.4) is 0 Å². The number of nitrogens with zero attached hydrogens (tertiary/aromatic N) is 1. The van der Waals surface area contributed by atoms with Crippen LogP contribution < -0.4 is 0 Å². The van der Waals surface area contributed by atoms with Crippen LogP contribution >= 0.6 is 11.3 Å². The van der Waals surface area contributed by atoms with Gasteiger partial charge in [-0.05, 0) is 44.9 Å². The monoisotopic (exact) mass is 295 g/mol. The maximum absolute atomic E-state index is 10.1. The van der Waals surface area contributed by atoms with Crippen molar-refractivity contribution in [2.75, 3.05) is 6.61 Å². The fraction of sp³-hybridized carbons (Fsp3) is 0.812. The molecule has 1 aromatic heterocycles. The summed E-state index contributed by atoms with van der Waals surface area (Å²) in [5.41, 5.74) is 0.941. The van der Waals surface area contributed by atoms with Crippen molar-refractivity contribution in [2.45, 2.75) is 70.5 Å². The van der Waals surface area contributed by atoms with E-state index in [-0.39, 0.29) is 12.2 Å². The fourth-order valence-corrected chi connectivity index (χ4v) is 4.87. The number of fused-ring (bicyclic) bond motifs is 1. The zero-order chi connectivity index (χ0) is 13.9. The number of aliphatic hydroxyl groups excluding tert-OH is 1. The fourth-order valence-electron chi connectivity index (χ4n) is 3.56. The van der Waals surface area contributed by atoms with Crippen LogP contribution in [0.1, 0.15) is 79.7 Å². The topological polar surface area (TPSA) is 42.4 Å². The van der Waals surface area contributed by atoms with Gasteiger partial charge in [0.1, 0.15) is 11.1 Å². The Bertz CT molecular complexity index is 440. The quantitative estimate of drug-likeness (QED) is 0.906. The number of aromatic nitrogens is 1. The van der Waals surface area contributed by atoms with Gasteiger partial charge in [0.25, 0.3) is 0 Å². The average molecular weight is 295 g/mol. The van der Waals surface area contributed by atoms with E-state index < -0.39 is 0 Å². The highest BCUT2D eigenvalue weighted by molar-refractivity contribution is 7.11. The van der Waals surface area contributed by atoms with Crippen LogP contribution in [-0.4, -0.2) is 16.7 Å². The smallest absolute Gasteiger partial charge is 0.122 e. The highest BCUT2D eigenvalue weighted by Crippen LogP contribution is 2.41. The van der Waals surface area contributed by atoms with E-state index >= 15 is 0 Å². The molecule has 2 atom stereocenters.